The maximum Gasteiger partial charge on any atom is 0.316 e. The van der Waals surface area contributed by atoms with Crippen molar-refractivity contribution < 1.29 is 19.4 Å². The summed E-state index contributed by atoms with van der Waals surface area (Å²) in [5, 5.41) is 9.67. The van der Waals surface area contributed by atoms with Crippen LogP contribution in [0.2, 0.25) is 0 Å². The first-order valence-corrected chi connectivity index (χ1v) is 5.74. The second-order valence-electron chi connectivity index (χ2n) is 4.39. The van der Waals surface area contributed by atoms with E-state index < -0.39 is 17.8 Å². The SMILES string of the molecule is CCOC(=O)C1CC2CCC=C(O)C2C1=O. The molecule has 0 spiro atoms. The van der Waals surface area contributed by atoms with Crippen LogP contribution in [0.3, 0.4) is 0 Å². The Bertz CT molecular complexity index is 345. The van der Waals surface area contributed by atoms with Crippen molar-refractivity contribution in [2.45, 2.75) is 26.2 Å². The standard InChI is InChI=1S/C12H16O4/c1-2-16-12(15)8-6-7-4-3-5-9(13)10(7)11(8)14/h5,7-8,10,13H,2-4,6H2,1H3. The van der Waals surface area contributed by atoms with Gasteiger partial charge in [0.1, 0.15) is 5.92 Å². The number of fused-ring (bicyclic) bond motifs is 1. The quantitative estimate of drug-likeness (QED) is 0.571. The molecule has 0 amide bonds. The topological polar surface area (TPSA) is 63.6 Å². The van der Waals surface area contributed by atoms with Gasteiger partial charge in [0.25, 0.3) is 0 Å². The molecular formula is C12H16O4. The lowest BCUT2D eigenvalue weighted by molar-refractivity contribution is -0.150. The zero-order valence-corrected chi connectivity index (χ0v) is 9.31. The molecule has 2 rings (SSSR count). The molecule has 4 nitrogen and oxygen atoms in total. The number of carbonyl (C=O) groups is 2. The maximum absolute atomic E-state index is 12.0. The van der Waals surface area contributed by atoms with Gasteiger partial charge in [-0.15, -0.1) is 0 Å². The van der Waals surface area contributed by atoms with Gasteiger partial charge < -0.3 is 9.84 Å². The Labute approximate surface area is 94.3 Å². The monoisotopic (exact) mass is 224 g/mol. The van der Waals surface area contributed by atoms with Gasteiger partial charge in [-0.3, -0.25) is 9.59 Å². The average Bonchev–Trinajstić information content (AvgIpc) is 2.58. The van der Waals surface area contributed by atoms with Gasteiger partial charge in [-0.05, 0) is 38.2 Å². The van der Waals surface area contributed by atoms with Crippen LogP contribution in [0.4, 0.5) is 0 Å². The number of ketones is 1. The molecule has 16 heavy (non-hydrogen) atoms. The van der Waals surface area contributed by atoms with Crippen LogP contribution in [0.5, 0.6) is 0 Å². The predicted octanol–water partition coefficient (Wildman–Crippen LogP) is 1.61. The molecule has 1 N–H and O–H groups in total. The Kier molecular flexibility index (Phi) is 2.99. The lowest BCUT2D eigenvalue weighted by Crippen LogP contribution is -2.26. The van der Waals surface area contributed by atoms with E-state index in [1.807, 2.05) is 0 Å². The molecule has 0 heterocycles. The highest BCUT2D eigenvalue weighted by Crippen LogP contribution is 2.42. The Hall–Kier alpha value is -1.32. The molecule has 0 saturated heterocycles. The van der Waals surface area contributed by atoms with Gasteiger partial charge in [-0.25, -0.2) is 0 Å². The van der Waals surface area contributed by atoms with Gasteiger partial charge in [0.2, 0.25) is 0 Å². The number of ether oxygens (including phenoxy) is 1. The Morgan fingerprint density at radius 2 is 2.38 bits per heavy atom. The number of Topliss-reactive ketones (excluding diaryl/α,β-unsaturated/α-hetero) is 1. The van der Waals surface area contributed by atoms with Crippen LogP contribution in [0.1, 0.15) is 26.2 Å². The average molecular weight is 224 g/mol. The van der Waals surface area contributed by atoms with Crippen molar-refractivity contribution in [3.8, 4) is 0 Å². The summed E-state index contributed by atoms with van der Waals surface area (Å²) in [5.74, 6) is -1.46. The van der Waals surface area contributed by atoms with E-state index in [0.717, 1.165) is 12.8 Å². The molecule has 0 bridgehead atoms. The second kappa shape index (κ2) is 4.28. The number of allylic oxidation sites excluding steroid dienone is 2. The van der Waals surface area contributed by atoms with Crippen LogP contribution < -0.4 is 0 Å². The van der Waals surface area contributed by atoms with Crippen molar-refractivity contribution in [2.24, 2.45) is 17.8 Å². The molecule has 0 aromatic carbocycles. The second-order valence-corrected chi connectivity index (χ2v) is 4.39. The number of esters is 1. The van der Waals surface area contributed by atoms with Crippen molar-refractivity contribution in [3.05, 3.63) is 11.8 Å². The molecule has 88 valence electrons. The zero-order valence-electron chi connectivity index (χ0n) is 9.31. The van der Waals surface area contributed by atoms with Gasteiger partial charge in [0.05, 0.1) is 18.3 Å². The molecule has 3 unspecified atom stereocenters. The highest BCUT2D eigenvalue weighted by atomic mass is 16.5. The van der Waals surface area contributed by atoms with Crippen molar-refractivity contribution in [2.75, 3.05) is 6.61 Å². The molecule has 0 aliphatic heterocycles. The largest absolute Gasteiger partial charge is 0.512 e. The molecule has 0 radical (unpaired) electrons. The van der Waals surface area contributed by atoms with Crippen LogP contribution in [0, 0.1) is 17.8 Å². The van der Waals surface area contributed by atoms with Crippen LogP contribution in [0.25, 0.3) is 0 Å². The minimum absolute atomic E-state index is 0.118. The summed E-state index contributed by atoms with van der Waals surface area (Å²) >= 11 is 0. The third-order valence-electron chi connectivity index (χ3n) is 3.44. The molecule has 2 aliphatic carbocycles. The fourth-order valence-electron chi connectivity index (χ4n) is 2.70. The van der Waals surface area contributed by atoms with Gasteiger partial charge in [0, 0.05) is 0 Å². The summed E-state index contributed by atoms with van der Waals surface area (Å²) < 4.78 is 4.88. The van der Waals surface area contributed by atoms with Gasteiger partial charge in [-0.1, -0.05) is 0 Å². The summed E-state index contributed by atoms with van der Waals surface area (Å²) in [7, 11) is 0. The zero-order chi connectivity index (χ0) is 11.7. The fourth-order valence-corrected chi connectivity index (χ4v) is 2.70. The lowest BCUT2D eigenvalue weighted by atomic mass is 9.85. The number of rotatable bonds is 2. The summed E-state index contributed by atoms with van der Waals surface area (Å²) in [4.78, 5) is 23.5. The van der Waals surface area contributed by atoms with E-state index in [1.165, 1.54) is 0 Å². The van der Waals surface area contributed by atoms with Gasteiger partial charge in [-0.2, -0.15) is 0 Å². The molecule has 0 aromatic rings. The first-order chi connectivity index (χ1) is 7.65. The minimum atomic E-state index is -0.663. The minimum Gasteiger partial charge on any atom is -0.512 e. The fraction of sp³-hybridized carbons (Fsp3) is 0.667. The predicted molar refractivity (Wildman–Crippen MR) is 56.7 cm³/mol. The molecule has 4 heteroatoms. The number of hydrogen-bond acceptors (Lipinski definition) is 4. The summed E-state index contributed by atoms with van der Waals surface area (Å²) in [6.07, 6.45) is 3.87. The van der Waals surface area contributed by atoms with Crippen molar-refractivity contribution >= 4 is 11.8 Å². The van der Waals surface area contributed by atoms with Crippen molar-refractivity contribution in [1.82, 2.24) is 0 Å². The Morgan fingerprint density at radius 3 is 3.00 bits per heavy atom. The van der Waals surface area contributed by atoms with Crippen molar-refractivity contribution in [3.63, 3.8) is 0 Å². The normalized spacial score (nSPS) is 33.2. The molecule has 1 saturated carbocycles. The van der Waals surface area contributed by atoms with E-state index in [1.54, 1.807) is 13.0 Å². The first kappa shape index (κ1) is 11.2. The number of aliphatic hydroxyl groups is 1. The molecule has 3 atom stereocenters. The number of aliphatic hydroxyl groups excluding tert-OH is 1. The van der Waals surface area contributed by atoms with E-state index in [9.17, 15) is 14.7 Å². The van der Waals surface area contributed by atoms with Crippen LogP contribution in [-0.4, -0.2) is 23.5 Å². The Morgan fingerprint density at radius 1 is 1.62 bits per heavy atom. The van der Waals surface area contributed by atoms with Crippen LogP contribution in [-0.2, 0) is 14.3 Å². The van der Waals surface area contributed by atoms with Crippen molar-refractivity contribution in [1.29, 1.82) is 0 Å². The highest BCUT2D eigenvalue weighted by Gasteiger charge is 2.48. The van der Waals surface area contributed by atoms with E-state index in [2.05, 4.69) is 0 Å². The molecule has 0 aromatic heterocycles. The molecule has 1 fully saturated rings. The van der Waals surface area contributed by atoms with E-state index in [-0.39, 0.29) is 17.5 Å². The van der Waals surface area contributed by atoms with Crippen LogP contribution in [0.15, 0.2) is 11.8 Å². The maximum atomic E-state index is 12.0. The first-order valence-electron chi connectivity index (χ1n) is 5.74. The van der Waals surface area contributed by atoms with Gasteiger partial charge in [0.15, 0.2) is 5.78 Å². The Balaban J connectivity index is 2.14. The third-order valence-corrected chi connectivity index (χ3v) is 3.44. The van der Waals surface area contributed by atoms with Gasteiger partial charge >= 0.3 is 5.97 Å². The third kappa shape index (κ3) is 1.72. The highest BCUT2D eigenvalue weighted by molar-refractivity contribution is 6.03. The summed E-state index contributed by atoms with van der Waals surface area (Å²) in [6.45, 7) is 2.02. The smallest absolute Gasteiger partial charge is 0.316 e. The number of hydrogen-bond donors (Lipinski definition) is 1. The summed E-state index contributed by atoms with van der Waals surface area (Å²) in [6, 6.07) is 0. The number of carbonyl (C=O) groups excluding carboxylic acids is 2. The van der Waals surface area contributed by atoms with E-state index in [0.29, 0.717) is 13.0 Å². The molecule has 2 aliphatic rings. The van der Waals surface area contributed by atoms with E-state index in [4.69, 9.17) is 4.74 Å². The summed E-state index contributed by atoms with van der Waals surface area (Å²) in [5.41, 5.74) is 0. The van der Waals surface area contributed by atoms with Crippen LogP contribution >= 0.6 is 0 Å². The van der Waals surface area contributed by atoms with E-state index >= 15 is 0 Å². The lowest BCUT2D eigenvalue weighted by Gasteiger charge is -2.21. The molecular weight excluding hydrogens is 208 g/mol.